The summed E-state index contributed by atoms with van der Waals surface area (Å²) < 4.78 is 40.6. The van der Waals surface area contributed by atoms with Crippen molar-refractivity contribution in [1.29, 1.82) is 0 Å². The van der Waals surface area contributed by atoms with Crippen molar-refractivity contribution >= 4 is 32.4 Å². The van der Waals surface area contributed by atoms with Crippen LogP contribution in [0.15, 0.2) is 60.7 Å². The highest BCUT2D eigenvalue weighted by molar-refractivity contribution is 7.88. The van der Waals surface area contributed by atoms with Crippen LogP contribution in [0.5, 0.6) is 0 Å². The van der Waals surface area contributed by atoms with E-state index in [9.17, 15) is 12.8 Å². The molecule has 0 unspecified atom stereocenters. The molecule has 0 heterocycles. The van der Waals surface area contributed by atoms with Gasteiger partial charge in [-0.05, 0) is 34.5 Å². The molecule has 3 aromatic rings. The van der Waals surface area contributed by atoms with E-state index in [-0.39, 0.29) is 17.1 Å². The fourth-order valence-electron chi connectivity index (χ4n) is 2.45. The lowest BCUT2D eigenvalue weighted by molar-refractivity contribution is 0.574. The molecule has 0 atom stereocenters. The molecule has 0 fully saturated rings. The maximum Gasteiger partial charge on any atom is 0.216 e. The van der Waals surface area contributed by atoms with Crippen molar-refractivity contribution in [2.75, 3.05) is 0 Å². The normalized spacial score (nSPS) is 11.8. The first-order chi connectivity index (χ1) is 11.4. The highest BCUT2D eigenvalue weighted by atomic mass is 35.5. The van der Waals surface area contributed by atoms with E-state index in [0.717, 1.165) is 16.3 Å². The third-order valence-corrected chi connectivity index (χ3v) is 5.31. The minimum Gasteiger partial charge on any atom is -0.212 e. The predicted octanol–water partition coefficient (Wildman–Crippen LogP) is 4.25. The van der Waals surface area contributed by atoms with Crippen molar-refractivity contribution in [2.24, 2.45) is 0 Å². The number of sulfonamides is 1. The number of rotatable bonds is 5. The van der Waals surface area contributed by atoms with Gasteiger partial charge >= 0.3 is 0 Å². The third kappa shape index (κ3) is 3.93. The lowest BCUT2D eigenvalue weighted by Gasteiger charge is -2.09. The summed E-state index contributed by atoms with van der Waals surface area (Å²) in [5, 5.41) is 2.22. The summed E-state index contributed by atoms with van der Waals surface area (Å²) in [6.45, 7) is 0.138. The predicted molar refractivity (Wildman–Crippen MR) is 94.8 cm³/mol. The van der Waals surface area contributed by atoms with Gasteiger partial charge in [0.05, 0.1) is 5.75 Å². The maximum absolute atomic E-state index is 13.7. The fourth-order valence-corrected chi connectivity index (χ4v) is 3.92. The second-order valence-electron chi connectivity index (χ2n) is 5.46. The second-order valence-corrected chi connectivity index (χ2v) is 7.68. The minimum absolute atomic E-state index is 0.0230. The molecule has 0 amide bonds. The first kappa shape index (κ1) is 16.9. The highest BCUT2D eigenvalue weighted by Gasteiger charge is 2.17. The fraction of sp³-hybridized carbons (Fsp3) is 0.111. The van der Waals surface area contributed by atoms with Crippen molar-refractivity contribution in [2.45, 2.75) is 12.3 Å². The minimum atomic E-state index is -3.71. The van der Waals surface area contributed by atoms with E-state index in [1.54, 1.807) is 0 Å². The molecule has 0 saturated heterocycles. The molecular formula is C18H15ClFNO2S. The number of halogens is 2. The van der Waals surface area contributed by atoms with E-state index in [1.807, 2.05) is 42.5 Å². The molecule has 0 aliphatic rings. The molecule has 0 aliphatic carbocycles. The Balaban J connectivity index is 1.74. The second kappa shape index (κ2) is 6.89. The van der Waals surface area contributed by atoms with Gasteiger partial charge in [0.25, 0.3) is 0 Å². The van der Waals surface area contributed by atoms with Gasteiger partial charge in [-0.3, -0.25) is 0 Å². The molecule has 0 bridgehead atoms. The average molecular weight is 364 g/mol. The highest BCUT2D eigenvalue weighted by Crippen LogP contribution is 2.21. The van der Waals surface area contributed by atoms with Crippen LogP contribution in [0.25, 0.3) is 10.8 Å². The summed E-state index contributed by atoms with van der Waals surface area (Å²) in [6.07, 6.45) is 0. The van der Waals surface area contributed by atoms with Gasteiger partial charge in [-0.2, -0.15) is 0 Å². The zero-order chi connectivity index (χ0) is 17.2. The van der Waals surface area contributed by atoms with Crippen LogP contribution >= 0.6 is 11.6 Å². The largest absolute Gasteiger partial charge is 0.216 e. The molecule has 0 aliphatic heterocycles. The number of nitrogens with one attached hydrogen (secondary N) is 1. The molecule has 0 aromatic heterocycles. The van der Waals surface area contributed by atoms with Gasteiger partial charge in [-0.25, -0.2) is 17.5 Å². The number of fused-ring (bicyclic) bond motifs is 1. The standard InChI is InChI=1S/C18H15ClFNO2S/c19-17-6-3-7-18(20)16(17)12-24(22,23)21-11-13-8-9-14-4-1-2-5-15(14)10-13/h1-10,21H,11-12H2. The van der Waals surface area contributed by atoms with E-state index in [1.165, 1.54) is 18.2 Å². The molecule has 1 N–H and O–H groups in total. The Labute approximate surface area is 145 Å². The van der Waals surface area contributed by atoms with Crippen LogP contribution in [0, 0.1) is 5.82 Å². The van der Waals surface area contributed by atoms with Crippen molar-refractivity contribution < 1.29 is 12.8 Å². The average Bonchev–Trinajstić information content (AvgIpc) is 2.56. The molecule has 124 valence electrons. The van der Waals surface area contributed by atoms with E-state index in [2.05, 4.69) is 4.72 Å². The zero-order valence-corrected chi connectivity index (χ0v) is 14.2. The summed E-state index contributed by atoms with van der Waals surface area (Å²) in [4.78, 5) is 0. The van der Waals surface area contributed by atoms with Gasteiger partial charge in [0, 0.05) is 17.1 Å². The van der Waals surface area contributed by atoms with Gasteiger partial charge in [0.2, 0.25) is 10.0 Å². The summed E-state index contributed by atoms with van der Waals surface area (Å²) in [5.41, 5.74) is 0.807. The van der Waals surface area contributed by atoms with Crippen LogP contribution in [0.3, 0.4) is 0 Å². The molecule has 24 heavy (non-hydrogen) atoms. The third-order valence-electron chi connectivity index (χ3n) is 3.71. The summed E-state index contributed by atoms with van der Waals surface area (Å²) in [6, 6.07) is 17.7. The Kier molecular flexibility index (Phi) is 4.85. The Morgan fingerprint density at radius 1 is 0.958 bits per heavy atom. The van der Waals surface area contributed by atoms with Gasteiger partial charge in [-0.1, -0.05) is 54.1 Å². The molecular weight excluding hydrogens is 349 g/mol. The van der Waals surface area contributed by atoms with Crippen molar-refractivity contribution in [3.8, 4) is 0 Å². The summed E-state index contributed by atoms with van der Waals surface area (Å²) >= 11 is 5.89. The molecule has 0 radical (unpaired) electrons. The Bertz CT molecular complexity index is 969. The van der Waals surface area contributed by atoms with Crippen molar-refractivity contribution in [3.05, 3.63) is 82.6 Å². The first-order valence-corrected chi connectivity index (χ1v) is 9.35. The Morgan fingerprint density at radius 2 is 1.71 bits per heavy atom. The van der Waals surface area contributed by atoms with E-state index in [4.69, 9.17) is 11.6 Å². The first-order valence-electron chi connectivity index (χ1n) is 7.32. The topological polar surface area (TPSA) is 46.2 Å². The van der Waals surface area contributed by atoms with Gasteiger partial charge in [0.15, 0.2) is 0 Å². The SMILES string of the molecule is O=S(=O)(Cc1c(F)cccc1Cl)NCc1ccc2ccccc2c1. The van der Waals surface area contributed by atoms with Crippen LogP contribution in [0.4, 0.5) is 4.39 Å². The maximum atomic E-state index is 13.7. The lowest BCUT2D eigenvalue weighted by Crippen LogP contribution is -2.25. The monoisotopic (exact) mass is 363 g/mol. The van der Waals surface area contributed by atoms with E-state index < -0.39 is 21.6 Å². The van der Waals surface area contributed by atoms with Crippen molar-refractivity contribution in [1.82, 2.24) is 4.72 Å². The molecule has 3 aromatic carbocycles. The quantitative estimate of drug-likeness (QED) is 0.736. The molecule has 3 nitrogen and oxygen atoms in total. The zero-order valence-electron chi connectivity index (χ0n) is 12.7. The number of benzene rings is 3. The van der Waals surface area contributed by atoms with Crippen LogP contribution in [0.1, 0.15) is 11.1 Å². The Morgan fingerprint density at radius 3 is 2.46 bits per heavy atom. The van der Waals surface area contributed by atoms with Crippen molar-refractivity contribution in [3.63, 3.8) is 0 Å². The lowest BCUT2D eigenvalue weighted by atomic mass is 10.1. The molecule has 6 heteroatoms. The number of hydrogen-bond donors (Lipinski definition) is 1. The van der Waals surface area contributed by atoms with Crippen LogP contribution in [-0.4, -0.2) is 8.42 Å². The number of hydrogen-bond acceptors (Lipinski definition) is 2. The van der Waals surface area contributed by atoms with Crippen LogP contribution < -0.4 is 4.72 Å². The van der Waals surface area contributed by atoms with Crippen LogP contribution in [0.2, 0.25) is 5.02 Å². The molecule has 3 rings (SSSR count). The molecule has 0 spiro atoms. The smallest absolute Gasteiger partial charge is 0.212 e. The Hall–Kier alpha value is -1.95. The van der Waals surface area contributed by atoms with Gasteiger partial charge in [0.1, 0.15) is 5.82 Å². The molecule has 0 saturated carbocycles. The van der Waals surface area contributed by atoms with E-state index >= 15 is 0 Å². The van der Waals surface area contributed by atoms with Gasteiger partial charge in [-0.15, -0.1) is 0 Å². The summed E-state index contributed by atoms with van der Waals surface area (Å²) in [7, 11) is -3.71. The van der Waals surface area contributed by atoms with E-state index in [0.29, 0.717) is 0 Å². The summed E-state index contributed by atoms with van der Waals surface area (Å²) in [5.74, 6) is -1.12. The van der Waals surface area contributed by atoms with Crippen LogP contribution in [-0.2, 0) is 22.3 Å². The van der Waals surface area contributed by atoms with Gasteiger partial charge < -0.3 is 0 Å².